The number of aryl methyl sites for hydroxylation is 1. The first-order valence-electron chi connectivity index (χ1n) is 10.1. The van der Waals surface area contributed by atoms with Gasteiger partial charge < -0.3 is 19.0 Å². The van der Waals surface area contributed by atoms with Crippen molar-refractivity contribution in [3.8, 4) is 5.75 Å². The van der Waals surface area contributed by atoms with Gasteiger partial charge in [-0.05, 0) is 42.8 Å². The second-order valence-corrected chi connectivity index (χ2v) is 8.97. The second-order valence-electron chi connectivity index (χ2n) is 7.69. The van der Waals surface area contributed by atoms with Crippen LogP contribution in [-0.2, 0) is 16.2 Å². The summed E-state index contributed by atoms with van der Waals surface area (Å²) in [5.74, 6) is 1.15. The van der Waals surface area contributed by atoms with E-state index in [2.05, 4.69) is 0 Å². The third-order valence-corrected chi connectivity index (χ3v) is 7.26. The van der Waals surface area contributed by atoms with Crippen LogP contribution in [0.4, 0.5) is 5.69 Å². The van der Waals surface area contributed by atoms with Gasteiger partial charge in [0.15, 0.2) is 10.6 Å². The molecule has 1 aromatic heterocycles. The van der Waals surface area contributed by atoms with E-state index in [9.17, 15) is 9.59 Å². The number of benzene rings is 2. The Morgan fingerprint density at radius 2 is 2.00 bits per heavy atom. The Balaban J connectivity index is 1.61. The Morgan fingerprint density at radius 1 is 1.19 bits per heavy atom. The highest BCUT2D eigenvalue weighted by Crippen LogP contribution is 2.55. The zero-order valence-electron chi connectivity index (χ0n) is 17.3. The van der Waals surface area contributed by atoms with Crippen molar-refractivity contribution in [1.82, 2.24) is 4.90 Å². The topological polar surface area (TPSA) is 63.0 Å². The fourth-order valence-electron chi connectivity index (χ4n) is 4.29. The second kappa shape index (κ2) is 7.50. The lowest BCUT2D eigenvalue weighted by atomic mass is 10.0. The first kappa shape index (κ1) is 19.8. The molecule has 158 valence electrons. The summed E-state index contributed by atoms with van der Waals surface area (Å²) < 4.78 is 10.8. The van der Waals surface area contributed by atoms with Crippen LogP contribution in [0.25, 0.3) is 0 Å². The van der Waals surface area contributed by atoms with Crippen LogP contribution < -0.4 is 9.64 Å². The summed E-state index contributed by atoms with van der Waals surface area (Å²) >= 11 is 1.49. The van der Waals surface area contributed by atoms with Crippen molar-refractivity contribution in [2.45, 2.75) is 18.3 Å². The molecular weight excluding hydrogens is 412 g/mol. The molecule has 2 aliphatic rings. The summed E-state index contributed by atoms with van der Waals surface area (Å²) in [6.45, 7) is 2.93. The van der Waals surface area contributed by atoms with Crippen LogP contribution in [0.5, 0.6) is 5.75 Å². The molecule has 7 heteroatoms. The van der Waals surface area contributed by atoms with E-state index < -0.39 is 4.87 Å². The van der Waals surface area contributed by atoms with Gasteiger partial charge >= 0.3 is 0 Å². The minimum absolute atomic E-state index is 0.112. The van der Waals surface area contributed by atoms with Crippen LogP contribution in [-0.4, -0.2) is 36.1 Å². The lowest BCUT2D eigenvalue weighted by molar-refractivity contribution is -0.123. The summed E-state index contributed by atoms with van der Waals surface area (Å²) in [4.78, 5) is 29.6. The lowest BCUT2D eigenvalue weighted by Gasteiger charge is -2.32. The third-order valence-electron chi connectivity index (χ3n) is 5.84. The Kier molecular flexibility index (Phi) is 4.78. The van der Waals surface area contributed by atoms with Crippen LogP contribution in [0.2, 0.25) is 0 Å². The van der Waals surface area contributed by atoms with E-state index in [1.54, 1.807) is 29.0 Å². The maximum absolute atomic E-state index is 14.0. The number of carbonyl (C=O) groups excluding carboxylic acids is 2. The smallest absolute Gasteiger partial charge is 0.291 e. The van der Waals surface area contributed by atoms with Crippen molar-refractivity contribution < 1.29 is 18.7 Å². The van der Waals surface area contributed by atoms with Crippen LogP contribution >= 0.6 is 11.8 Å². The number of hydrogen-bond acceptors (Lipinski definition) is 5. The fourth-order valence-corrected chi connectivity index (χ4v) is 5.74. The number of ether oxygens (including phenoxy) is 1. The summed E-state index contributed by atoms with van der Waals surface area (Å²) in [5.41, 5.74) is 3.79. The van der Waals surface area contributed by atoms with E-state index in [1.165, 1.54) is 23.6 Å². The van der Waals surface area contributed by atoms with Gasteiger partial charge in [0.05, 0.1) is 25.6 Å². The quantitative estimate of drug-likeness (QED) is 0.616. The molecule has 2 aromatic carbocycles. The first-order chi connectivity index (χ1) is 15.0. The van der Waals surface area contributed by atoms with Gasteiger partial charge in [-0.2, -0.15) is 0 Å². The standard InChI is InChI=1S/C24H22N2O4S/c1-16-5-7-17(8-6-16)15-25-20-10-9-18(29-2)14-19(20)24(23(25)28)26(11-13-31-24)22(27)21-4-3-12-30-21/h3-10,12,14H,11,13,15H2,1-2H3/t24-/m1/s1. The lowest BCUT2D eigenvalue weighted by Crippen LogP contribution is -2.50. The van der Waals surface area contributed by atoms with Gasteiger partial charge in [-0.25, -0.2) is 0 Å². The Hall–Kier alpha value is -3.19. The van der Waals surface area contributed by atoms with Gasteiger partial charge in [-0.1, -0.05) is 29.8 Å². The van der Waals surface area contributed by atoms with E-state index >= 15 is 0 Å². The van der Waals surface area contributed by atoms with Crippen molar-refractivity contribution in [3.05, 3.63) is 83.3 Å². The molecule has 0 radical (unpaired) electrons. The van der Waals surface area contributed by atoms with Crippen LogP contribution in [0.1, 0.15) is 27.2 Å². The maximum atomic E-state index is 14.0. The number of rotatable bonds is 4. The van der Waals surface area contributed by atoms with E-state index in [0.29, 0.717) is 24.6 Å². The number of hydrogen-bond donors (Lipinski definition) is 0. The molecule has 5 rings (SSSR count). The number of nitrogens with zero attached hydrogens (tertiary/aromatic N) is 2. The number of fused-ring (bicyclic) bond motifs is 2. The van der Waals surface area contributed by atoms with Gasteiger partial charge in [0, 0.05) is 17.9 Å². The SMILES string of the molecule is COc1ccc2c(c1)[C@@]1(SCCN1C(=O)c1ccco1)C(=O)N2Cc1ccc(C)cc1. The minimum atomic E-state index is -1.13. The minimum Gasteiger partial charge on any atom is -0.497 e. The molecule has 0 aliphatic carbocycles. The van der Waals surface area contributed by atoms with E-state index in [1.807, 2.05) is 49.4 Å². The van der Waals surface area contributed by atoms with Crippen molar-refractivity contribution in [2.24, 2.45) is 0 Å². The van der Waals surface area contributed by atoms with Gasteiger partial charge in [-0.15, -0.1) is 11.8 Å². The van der Waals surface area contributed by atoms with E-state index in [0.717, 1.165) is 16.8 Å². The Labute approximate surface area is 184 Å². The number of thioether (sulfide) groups is 1. The molecule has 2 amide bonds. The van der Waals surface area contributed by atoms with Crippen LogP contribution in [0.15, 0.2) is 65.3 Å². The molecule has 3 heterocycles. The third kappa shape index (κ3) is 3.03. The summed E-state index contributed by atoms with van der Waals surface area (Å²) in [6, 6.07) is 17.1. The van der Waals surface area contributed by atoms with Gasteiger partial charge in [0.2, 0.25) is 0 Å². The van der Waals surface area contributed by atoms with Crippen LogP contribution in [0, 0.1) is 6.92 Å². The highest BCUT2D eigenvalue weighted by atomic mass is 32.2. The molecule has 1 fully saturated rings. The molecule has 3 aromatic rings. The van der Waals surface area contributed by atoms with Gasteiger partial charge in [0.1, 0.15) is 5.75 Å². The van der Waals surface area contributed by atoms with Crippen LogP contribution in [0.3, 0.4) is 0 Å². The van der Waals surface area contributed by atoms with Crippen molar-refractivity contribution in [3.63, 3.8) is 0 Å². The van der Waals surface area contributed by atoms with Gasteiger partial charge in [0.25, 0.3) is 11.8 Å². The van der Waals surface area contributed by atoms with Crippen molar-refractivity contribution in [2.75, 3.05) is 24.3 Å². The molecule has 1 saturated heterocycles. The summed E-state index contributed by atoms with van der Waals surface area (Å²) in [6.07, 6.45) is 1.47. The van der Waals surface area contributed by atoms with Crippen molar-refractivity contribution in [1.29, 1.82) is 0 Å². The Morgan fingerprint density at radius 3 is 2.71 bits per heavy atom. The maximum Gasteiger partial charge on any atom is 0.291 e. The number of carbonyl (C=O) groups is 2. The zero-order chi connectivity index (χ0) is 21.6. The number of furan rings is 1. The summed E-state index contributed by atoms with van der Waals surface area (Å²) in [5, 5.41) is 0. The van der Waals surface area contributed by atoms with E-state index in [4.69, 9.17) is 9.15 Å². The molecule has 0 bridgehead atoms. The Bertz CT molecular complexity index is 1140. The molecule has 1 atom stereocenters. The molecule has 6 nitrogen and oxygen atoms in total. The van der Waals surface area contributed by atoms with E-state index in [-0.39, 0.29) is 17.6 Å². The molecule has 2 aliphatic heterocycles. The molecule has 0 N–H and O–H groups in total. The predicted molar refractivity (Wildman–Crippen MR) is 119 cm³/mol. The number of methoxy groups -OCH3 is 1. The highest BCUT2D eigenvalue weighted by Gasteiger charge is 2.60. The number of amides is 2. The normalized spacial score (nSPS) is 19.9. The fraction of sp³-hybridized carbons (Fsp3) is 0.250. The zero-order valence-corrected chi connectivity index (χ0v) is 18.1. The average Bonchev–Trinajstić information content (AvgIpc) is 3.52. The largest absolute Gasteiger partial charge is 0.497 e. The predicted octanol–water partition coefficient (Wildman–Crippen LogP) is 4.19. The highest BCUT2D eigenvalue weighted by molar-refractivity contribution is 8.01. The average molecular weight is 435 g/mol. The molecule has 0 saturated carbocycles. The van der Waals surface area contributed by atoms with Gasteiger partial charge in [-0.3, -0.25) is 9.59 Å². The monoisotopic (exact) mass is 434 g/mol. The molecule has 31 heavy (non-hydrogen) atoms. The van der Waals surface area contributed by atoms with Crippen molar-refractivity contribution >= 4 is 29.3 Å². The summed E-state index contributed by atoms with van der Waals surface area (Å²) in [7, 11) is 1.60. The molecule has 0 unspecified atom stereocenters. The first-order valence-corrected chi connectivity index (χ1v) is 11.1. The molecule has 1 spiro atoms. The molecular formula is C24H22N2O4S. The number of anilines is 1.